The lowest BCUT2D eigenvalue weighted by atomic mass is 9.86. The molecular weight excluding hydrogens is 232 g/mol. The highest BCUT2D eigenvalue weighted by Crippen LogP contribution is 2.26. The Balaban J connectivity index is 2.58. The first-order chi connectivity index (χ1) is 8.24. The Labute approximate surface area is 109 Å². The average Bonchev–Trinajstić information content (AvgIpc) is 2.27. The predicted octanol–water partition coefficient (Wildman–Crippen LogP) is 2.07. The number of carboxylic acids is 1. The van der Waals surface area contributed by atoms with Crippen molar-refractivity contribution in [3.63, 3.8) is 0 Å². The molecule has 0 aliphatic heterocycles. The predicted molar refractivity (Wildman–Crippen MR) is 69.4 cm³/mol. The first-order valence-corrected chi connectivity index (χ1v) is 6.52. The van der Waals surface area contributed by atoms with Crippen LogP contribution in [0.5, 0.6) is 0 Å². The van der Waals surface area contributed by atoms with Crippen molar-refractivity contribution in [2.24, 2.45) is 5.92 Å². The van der Waals surface area contributed by atoms with E-state index in [1.165, 1.54) is 20.3 Å². The van der Waals surface area contributed by atoms with E-state index in [4.69, 9.17) is 5.11 Å². The molecule has 1 rings (SSSR count). The minimum Gasteiger partial charge on any atom is -0.480 e. The number of carbonyl (C=O) groups excluding carboxylic acids is 1. The van der Waals surface area contributed by atoms with E-state index in [0.717, 1.165) is 19.3 Å². The molecule has 1 aliphatic rings. The number of urea groups is 1. The van der Waals surface area contributed by atoms with Crippen LogP contribution in [0.3, 0.4) is 0 Å². The third-order valence-corrected chi connectivity index (χ3v) is 3.73. The van der Waals surface area contributed by atoms with Crippen LogP contribution in [0.25, 0.3) is 0 Å². The molecule has 1 saturated carbocycles. The lowest BCUT2D eigenvalue weighted by Gasteiger charge is -2.35. The fraction of sp³-hybridized carbons (Fsp3) is 0.846. The van der Waals surface area contributed by atoms with Gasteiger partial charge in [0.2, 0.25) is 0 Å². The number of nitrogens with zero attached hydrogens (tertiary/aromatic N) is 1. The van der Waals surface area contributed by atoms with Crippen LogP contribution >= 0.6 is 0 Å². The van der Waals surface area contributed by atoms with Crippen molar-refractivity contribution in [2.75, 3.05) is 7.05 Å². The zero-order valence-corrected chi connectivity index (χ0v) is 11.7. The normalized spacial score (nSPS) is 24.4. The van der Waals surface area contributed by atoms with Crippen LogP contribution in [0.1, 0.15) is 46.5 Å². The van der Waals surface area contributed by atoms with Crippen molar-refractivity contribution >= 4 is 12.0 Å². The van der Waals surface area contributed by atoms with Gasteiger partial charge in [0.25, 0.3) is 0 Å². The maximum atomic E-state index is 12.0. The highest BCUT2D eigenvalue weighted by atomic mass is 16.4. The Hall–Kier alpha value is -1.26. The number of hydrogen-bond acceptors (Lipinski definition) is 2. The molecule has 104 valence electrons. The fourth-order valence-electron chi connectivity index (χ4n) is 2.33. The zero-order chi connectivity index (χ0) is 13.9. The van der Waals surface area contributed by atoms with Crippen LogP contribution in [0, 0.1) is 5.92 Å². The molecule has 0 radical (unpaired) electrons. The molecule has 1 fully saturated rings. The molecule has 0 heterocycles. The summed E-state index contributed by atoms with van der Waals surface area (Å²) in [6.07, 6.45) is 4.34. The summed E-state index contributed by atoms with van der Waals surface area (Å²) in [4.78, 5) is 24.6. The summed E-state index contributed by atoms with van der Waals surface area (Å²) in [7, 11) is 1.75. The van der Waals surface area contributed by atoms with Crippen LogP contribution in [0.4, 0.5) is 4.79 Å². The van der Waals surface area contributed by atoms with Gasteiger partial charge in [0.05, 0.1) is 0 Å². The van der Waals surface area contributed by atoms with Gasteiger partial charge in [-0.05, 0) is 32.6 Å². The molecule has 2 unspecified atom stereocenters. The second-order valence-corrected chi connectivity index (χ2v) is 5.90. The molecular formula is C13H24N2O3. The van der Waals surface area contributed by atoms with E-state index in [9.17, 15) is 9.59 Å². The smallest absolute Gasteiger partial charge is 0.328 e. The third-order valence-electron chi connectivity index (χ3n) is 3.73. The molecule has 0 bridgehead atoms. The van der Waals surface area contributed by atoms with Gasteiger partial charge in [0.15, 0.2) is 0 Å². The fourth-order valence-corrected chi connectivity index (χ4v) is 2.33. The molecule has 1 aliphatic carbocycles. The Bertz CT molecular complexity index is 328. The summed E-state index contributed by atoms with van der Waals surface area (Å²) in [6, 6.07) is -0.0835. The number of nitrogens with one attached hydrogen (secondary N) is 1. The standard InChI is InChI=1S/C13H24N2O3/c1-9-6-5-7-10(8-9)15(4)12(18)14-13(2,3)11(16)17/h9-10H,5-8H2,1-4H3,(H,14,18)(H,16,17). The molecule has 0 saturated heterocycles. The summed E-state index contributed by atoms with van der Waals surface area (Å²) < 4.78 is 0. The Morgan fingerprint density at radius 2 is 1.94 bits per heavy atom. The molecule has 5 nitrogen and oxygen atoms in total. The van der Waals surface area contributed by atoms with Gasteiger partial charge in [-0.2, -0.15) is 0 Å². The molecule has 0 aromatic rings. The maximum absolute atomic E-state index is 12.0. The molecule has 2 amide bonds. The van der Waals surface area contributed by atoms with Gasteiger partial charge in [-0.25, -0.2) is 9.59 Å². The maximum Gasteiger partial charge on any atom is 0.328 e. The number of aliphatic carboxylic acids is 1. The first kappa shape index (κ1) is 14.8. The van der Waals surface area contributed by atoms with Crippen molar-refractivity contribution in [3.8, 4) is 0 Å². The highest BCUT2D eigenvalue weighted by molar-refractivity contribution is 5.85. The number of hydrogen-bond donors (Lipinski definition) is 2. The summed E-state index contributed by atoms with van der Waals surface area (Å²) in [6.45, 7) is 5.17. The molecule has 0 aromatic heterocycles. The summed E-state index contributed by atoms with van der Waals surface area (Å²) in [5.74, 6) is -0.396. The largest absolute Gasteiger partial charge is 0.480 e. The monoisotopic (exact) mass is 256 g/mol. The van der Waals surface area contributed by atoms with E-state index in [1.807, 2.05) is 0 Å². The van der Waals surface area contributed by atoms with Gasteiger partial charge in [-0.15, -0.1) is 0 Å². The lowest BCUT2D eigenvalue weighted by molar-refractivity contribution is -0.143. The second-order valence-electron chi connectivity index (χ2n) is 5.90. The summed E-state index contributed by atoms with van der Waals surface area (Å²) in [5.41, 5.74) is -1.23. The minimum atomic E-state index is -1.23. The van der Waals surface area contributed by atoms with Crippen LogP contribution in [-0.2, 0) is 4.79 Å². The van der Waals surface area contributed by atoms with Crippen molar-refractivity contribution < 1.29 is 14.7 Å². The number of amides is 2. The van der Waals surface area contributed by atoms with E-state index in [0.29, 0.717) is 5.92 Å². The molecule has 0 spiro atoms. The van der Waals surface area contributed by atoms with Crippen molar-refractivity contribution in [2.45, 2.75) is 58.0 Å². The Kier molecular flexibility index (Phi) is 4.59. The van der Waals surface area contributed by atoms with E-state index in [2.05, 4.69) is 12.2 Å². The average molecular weight is 256 g/mol. The topological polar surface area (TPSA) is 69.6 Å². The van der Waals surface area contributed by atoms with Crippen LogP contribution in [0.15, 0.2) is 0 Å². The third kappa shape index (κ3) is 3.62. The molecule has 0 aromatic carbocycles. The zero-order valence-electron chi connectivity index (χ0n) is 11.7. The van der Waals surface area contributed by atoms with Gasteiger partial charge >= 0.3 is 12.0 Å². The Morgan fingerprint density at radius 1 is 1.33 bits per heavy atom. The van der Waals surface area contributed by atoms with E-state index in [1.54, 1.807) is 11.9 Å². The van der Waals surface area contributed by atoms with Gasteiger partial charge in [0.1, 0.15) is 5.54 Å². The quantitative estimate of drug-likeness (QED) is 0.812. The van der Waals surface area contributed by atoms with Crippen molar-refractivity contribution in [1.29, 1.82) is 0 Å². The van der Waals surface area contributed by atoms with Crippen molar-refractivity contribution in [3.05, 3.63) is 0 Å². The summed E-state index contributed by atoms with van der Waals surface area (Å²) >= 11 is 0. The molecule has 18 heavy (non-hydrogen) atoms. The van der Waals surface area contributed by atoms with Gasteiger partial charge in [-0.3, -0.25) is 0 Å². The Morgan fingerprint density at radius 3 is 2.44 bits per heavy atom. The second kappa shape index (κ2) is 5.59. The molecule has 2 N–H and O–H groups in total. The lowest BCUT2D eigenvalue weighted by Crippen LogP contribution is -2.55. The van der Waals surface area contributed by atoms with Crippen molar-refractivity contribution in [1.82, 2.24) is 10.2 Å². The first-order valence-electron chi connectivity index (χ1n) is 6.52. The minimum absolute atomic E-state index is 0.221. The molecule has 5 heteroatoms. The number of rotatable bonds is 3. The van der Waals surface area contributed by atoms with Gasteiger partial charge in [-0.1, -0.05) is 19.8 Å². The summed E-state index contributed by atoms with van der Waals surface area (Å²) in [5, 5.41) is 11.5. The van der Waals surface area contributed by atoms with E-state index < -0.39 is 11.5 Å². The van der Waals surface area contributed by atoms with E-state index >= 15 is 0 Å². The number of carboxylic acid groups (broad SMARTS) is 1. The number of carbonyl (C=O) groups is 2. The van der Waals surface area contributed by atoms with Gasteiger partial charge in [0, 0.05) is 13.1 Å². The van der Waals surface area contributed by atoms with Crippen LogP contribution < -0.4 is 5.32 Å². The van der Waals surface area contributed by atoms with Crippen LogP contribution in [0.2, 0.25) is 0 Å². The highest BCUT2D eigenvalue weighted by Gasteiger charge is 2.32. The van der Waals surface area contributed by atoms with E-state index in [-0.39, 0.29) is 12.1 Å². The molecule has 2 atom stereocenters. The SMILES string of the molecule is CC1CCCC(N(C)C(=O)NC(C)(C)C(=O)O)C1. The van der Waals surface area contributed by atoms with Crippen LogP contribution in [-0.4, -0.2) is 40.6 Å². The van der Waals surface area contributed by atoms with Gasteiger partial charge < -0.3 is 15.3 Å².